The molecule has 1 heterocycles. The third-order valence-electron chi connectivity index (χ3n) is 3.72. The van der Waals surface area contributed by atoms with Crippen molar-refractivity contribution in [3.8, 4) is 5.75 Å². The van der Waals surface area contributed by atoms with Crippen LogP contribution in [0, 0.1) is 0 Å². The lowest BCUT2D eigenvalue weighted by molar-refractivity contribution is -0.0384. The molecule has 0 radical (unpaired) electrons. The van der Waals surface area contributed by atoms with E-state index in [-0.39, 0.29) is 22.1 Å². The molecule has 0 aromatic heterocycles. The van der Waals surface area contributed by atoms with Crippen LogP contribution in [0.2, 0.25) is 0 Å². The first kappa shape index (κ1) is 19.5. The Morgan fingerprint density at radius 2 is 1.96 bits per heavy atom. The van der Waals surface area contributed by atoms with E-state index in [1.165, 1.54) is 30.2 Å². The van der Waals surface area contributed by atoms with Crippen LogP contribution in [0.5, 0.6) is 5.75 Å². The van der Waals surface area contributed by atoms with Crippen molar-refractivity contribution in [3.05, 3.63) is 41.5 Å². The van der Waals surface area contributed by atoms with E-state index in [2.05, 4.69) is 0 Å². The van der Waals surface area contributed by atoms with Crippen LogP contribution in [0.3, 0.4) is 0 Å². The second-order valence-electron chi connectivity index (χ2n) is 5.26. The first-order valence-corrected chi connectivity index (χ1v) is 10.0. The highest BCUT2D eigenvalue weighted by molar-refractivity contribution is 7.95. The van der Waals surface area contributed by atoms with Crippen LogP contribution in [0.4, 0.5) is 18.9 Å². The van der Waals surface area contributed by atoms with Gasteiger partial charge in [-0.15, -0.1) is 0 Å². The molecule has 0 bridgehead atoms. The Hall–Kier alpha value is -1.81. The lowest BCUT2D eigenvalue weighted by atomic mass is 10.1. The van der Waals surface area contributed by atoms with E-state index < -0.39 is 37.1 Å². The van der Waals surface area contributed by atoms with Crippen molar-refractivity contribution in [3.63, 3.8) is 0 Å². The topological polar surface area (TPSA) is 74.7 Å². The summed E-state index contributed by atoms with van der Waals surface area (Å²) >= 11 is 0. The van der Waals surface area contributed by atoms with Crippen molar-refractivity contribution in [2.45, 2.75) is 30.3 Å². The van der Waals surface area contributed by atoms with Gasteiger partial charge in [0.25, 0.3) is 0 Å². The van der Waals surface area contributed by atoms with Gasteiger partial charge >= 0.3 is 5.51 Å². The summed E-state index contributed by atoms with van der Waals surface area (Å²) in [4.78, 5) is 0.879. The van der Waals surface area contributed by atoms with Gasteiger partial charge in [0.05, 0.1) is 27.3 Å². The molecule has 0 fully saturated rings. The summed E-state index contributed by atoms with van der Waals surface area (Å²) in [7, 11) is -6.78. The highest BCUT2D eigenvalue weighted by atomic mass is 32.2. The first-order valence-electron chi connectivity index (χ1n) is 7.20. The van der Waals surface area contributed by atoms with Crippen molar-refractivity contribution in [2.24, 2.45) is 0 Å². The SMILES string of the molecule is CCS(=O)(=O)C1=CC=CN(c2cc(S(=O)C(F)(F)F)ccc2O)C1C. The molecule has 0 aliphatic carbocycles. The van der Waals surface area contributed by atoms with E-state index in [0.29, 0.717) is 0 Å². The molecule has 0 saturated heterocycles. The molecule has 1 aromatic rings. The number of phenols is 1. The Balaban J connectivity index is 2.48. The molecule has 2 rings (SSSR count). The summed E-state index contributed by atoms with van der Waals surface area (Å²) < 4.78 is 73.8. The molecule has 1 aliphatic heterocycles. The Morgan fingerprint density at radius 1 is 1.32 bits per heavy atom. The van der Waals surface area contributed by atoms with Gasteiger partial charge in [0.2, 0.25) is 0 Å². The summed E-state index contributed by atoms with van der Waals surface area (Å²) in [5.41, 5.74) is -5.00. The molecular formula is C15H16F3NO4S2. The Kier molecular flexibility index (Phi) is 5.33. The standard InChI is InChI=1S/C15H16F3NO4S2/c1-3-25(22,23)14-5-4-8-19(10(14)2)12-9-11(6-7-13(12)20)24(21)15(16,17)18/h4-10,20H,3H2,1-2H3. The fourth-order valence-corrected chi connectivity index (χ4v) is 4.34. The summed E-state index contributed by atoms with van der Waals surface area (Å²) in [5, 5.41) is 10.0. The van der Waals surface area contributed by atoms with Crippen LogP contribution in [0.25, 0.3) is 0 Å². The van der Waals surface area contributed by atoms with Crippen molar-refractivity contribution >= 4 is 26.3 Å². The van der Waals surface area contributed by atoms with E-state index in [4.69, 9.17) is 0 Å². The number of phenolic OH excluding ortho intramolecular Hbond substituents is 1. The maximum atomic E-state index is 12.7. The molecule has 138 valence electrons. The monoisotopic (exact) mass is 395 g/mol. The molecule has 0 saturated carbocycles. The van der Waals surface area contributed by atoms with Gasteiger partial charge in [-0.1, -0.05) is 6.92 Å². The maximum Gasteiger partial charge on any atom is 0.475 e. The molecule has 0 spiro atoms. The van der Waals surface area contributed by atoms with Crippen LogP contribution >= 0.6 is 0 Å². The average Bonchev–Trinajstić information content (AvgIpc) is 2.54. The van der Waals surface area contributed by atoms with Crippen LogP contribution in [-0.4, -0.2) is 35.0 Å². The van der Waals surface area contributed by atoms with Crippen molar-refractivity contribution < 1.29 is 30.9 Å². The minimum atomic E-state index is -4.94. The number of rotatable bonds is 4. The number of sulfone groups is 1. The third kappa shape index (κ3) is 3.90. The van der Waals surface area contributed by atoms with E-state index in [1.807, 2.05) is 0 Å². The normalized spacial score (nSPS) is 19.6. The fraction of sp³-hybridized carbons (Fsp3) is 0.333. The average molecular weight is 395 g/mol. The highest BCUT2D eigenvalue weighted by Crippen LogP contribution is 2.37. The van der Waals surface area contributed by atoms with E-state index in [1.54, 1.807) is 6.92 Å². The number of anilines is 1. The van der Waals surface area contributed by atoms with Gasteiger partial charge in [-0.05, 0) is 37.3 Å². The molecular weight excluding hydrogens is 379 g/mol. The van der Waals surface area contributed by atoms with E-state index >= 15 is 0 Å². The Morgan fingerprint density at radius 3 is 2.52 bits per heavy atom. The summed E-state index contributed by atoms with van der Waals surface area (Å²) in [6.45, 7) is 3.03. The van der Waals surface area contributed by atoms with Gasteiger partial charge in [-0.25, -0.2) is 12.6 Å². The number of allylic oxidation sites excluding steroid dienone is 2. The smallest absolute Gasteiger partial charge is 0.475 e. The second kappa shape index (κ2) is 6.83. The number of halogens is 3. The fourth-order valence-electron chi connectivity index (χ4n) is 2.41. The zero-order valence-electron chi connectivity index (χ0n) is 13.3. The van der Waals surface area contributed by atoms with Gasteiger partial charge in [0.1, 0.15) is 5.75 Å². The molecule has 2 atom stereocenters. The zero-order chi connectivity index (χ0) is 19.0. The predicted octanol–water partition coefficient (Wildman–Crippen LogP) is 3.06. The molecule has 1 aliphatic rings. The number of benzene rings is 1. The van der Waals surface area contributed by atoms with Crippen molar-refractivity contribution in [2.75, 3.05) is 10.7 Å². The van der Waals surface area contributed by atoms with Crippen molar-refractivity contribution in [1.29, 1.82) is 0 Å². The highest BCUT2D eigenvalue weighted by Gasteiger charge is 2.38. The van der Waals surface area contributed by atoms with Gasteiger partial charge in [-0.2, -0.15) is 13.2 Å². The first-order chi connectivity index (χ1) is 11.5. The second-order valence-corrected chi connectivity index (χ2v) is 9.01. The largest absolute Gasteiger partial charge is 0.506 e. The number of nitrogens with zero attached hydrogens (tertiary/aromatic N) is 1. The van der Waals surface area contributed by atoms with Gasteiger partial charge in [0.15, 0.2) is 20.6 Å². The zero-order valence-corrected chi connectivity index (χ0v) is 15.0. The van der Waals surface area contributed by atoms with Gasteiger partial charge in [0, 0.05) is 6.20 Å². The molecule has 1 aromatic carbocycles. The number of hydrogen-bond donors (Lipinski definition) is 1. The minimum Gasteiger partial charge on any atom is -0.506 e. The van der Waals surface area contributed by atoms with Crippen LogP contribution < -0.4 is 4.90 Å². The van der Waals surface area contributed by atoms with Crippen LogP contribution in [0.15, 0.2) is 46.4 Å². The van der Waals surface area contributed by atoms with Crippen LogP contribution in [0.1, 0.15) is 13.8 Å². The summed E-state index contributed by atoms with van der Waals surface area (Å²) in [5.74, 6) is -0.482. The minimum absolute atomic E-state index is 0.0595. The van der Waals surface area contributed by atoms with Gasteiger partial charge < -0.3 is 10.0 Å². The number of hydrogen-bond acceptors (Lipinski definition) is 5. The van der Waals surface area contributed by atoms with Gasteiger partial charge in [-0.3, -0.25) is 0 Å². The van der Waals surface area contributed by atoms with Crippen LogP contribution in [-0.2, 0) is 20.6 Å². The lowest BCUT2D eigenvalue weighted by Crippen LogP contribution is -2.35. The molecule has 25 heavy (non-hydrogen) atoms. The molecule has 2 unspecified atom stereocenters. The Labute approximate surface area is 145 Å². The summed E-state index contributed by atoms with van der Waals surface area (Å²) in [6.07, 6.45) is 4.28. The molecule has 10 heteroatoms. The number of aromatic hydroxyl groups is 1. The third-order valence-corrected chi connectivity index (χ3v) is 6.78. The van der Waals surface area contributed by atoms with E-state index in [9.17, 15) is 30.9 Å². The molecule has 1 N–H and O–H groups in total. The number of alkyl halides is 3. The maximum absolute atomic E-state index is 12.7. The summed E-state index contributed by atoms with van der Waals surface area (Å²) in [6, 6.07) is 2.12. The predicted molar refractivity (Wildman–Crippen MR) is 89.2 cm³/mol. The lowest BCUT2D eigenvalue weighted by Gasteiger charge is -2.32. The Bertz CT molecular complexity index is 860. The molecule has 5 nitrogen and oxygen atoms in total. The van der Waals surface area contributed by atoms with Crippen molar-refractivity contribution in [1.82, 2.24) is 0 Å². The molecule has 0 amide bonds. The quantitative estimate of drug-likeness (QED) is 0.848. The van der Waals surface area contributed by atoms with E-state index in [0.717, 1.165) is 18.2 Å².